The molecule has 0 saturated heterocycles. The minimum Gasteiger partial charge on any atom is -0.298 e. The molecule has 3 heteroatoms. The molecule has 1 nitrogen and oxygen atoms in total. The van der Waals surface area contributed by atoms with Crippen molar-refractivity contribution >= 4 is 29.6 Å². The first-order valence-electron chi connectivity index (χ1n) is 3.49. The molecule has 1 aromatic rings. The van der Waals surface area contributed by atoms with E-state index in [0.717, 1.165) is 16.7 Å². The van der Waals surface area contributed by atoms with Crippen molar-refractivity contribution in [2.45, 2.75) is 11.8 Å². The van der Waals surface area contributed by atoms with Crippen LogP contribution < -0.4 is 0 Å². The van der Waals surface area contributed by atoms with E-state index in [9.17, 15) is 4.79 Å². The van der Waals surface area contributed by atoms with Crippen molar-refractivity contribution < 1.29 is 4.79 Å². The molecule has 0 bridgehead atoms. The van der Waals surface area contributed by atoms with Crippen molar-refractivity contribution in [2.24, 2.45) is 0 Å². The predicted octanol–water partition coefficient (Wildman–Crippen LogP) is 3.18. The van der Waals surface area contributed by atoms with E-state index >= 15 is 0 Å². The van der Waals surface area contributed by atoms with E-state index in [-0.39, 0.29) is 0 Å². The maximum atomic E-state index is 10.7. The average molecular weight is 201 g/mol. The number of thioether (sulfide) groups is 1. The molecular weight excluding hydrogens is 192 g/mol. The Morgan fingerprint density at radius 3 is 2.58 bits per heavy atom. The third kappa shape index (κ3) is 1.65. The first-order valence-corrected chi connectivity index (χ1v) is 5.09. The second-order valence-corrected chi connectivity index (χ2v) is 3.65. The Hall–Kier alpha value is -0.470. The zero-order chi connectivity index (χ0) is 9.14. The molecule has 0 aliphatic heterocycles. The van der Waals surface area contributed by atoms with Crippen LogP contribution in [0, 0.1) is 6.92 Å². The zero-order valence-corrected chi connectivity index (χ0v) is 8.50. The van der Waals surface area contributed by atoms with Crippen LogP contribution in [-0.2, 0) is 0 Å². The fourth-order valence-corrected chi connectivity index (χ4v) is 2.11. The number of aryl methyl sites for hydroxylation is 1. The van der Waals surface area contributed by atoms with Gasteiger partial charge in [0.15, 0.2) is 6.29 Å². The molecule has 0 spiro atoms. The topological polar surface area (TPSA) is 17.1 Å². The quantitative estimate of drug-likeness (QED) is 0.539. The summed E-state index contributed by atoms with van der Waals surface area (Å²) >= 11 is 7.40. The SMILES string of the molecule is CSc1c(Cl)ccc(C)c1C=O. The first kappa shape index (κ1) is 9.62. The molecule has 0 fully saturated rings. The molecular formula is C9H9ClOS. The van der Waals surface area contributed by atoms with E-state index in [2.05, 4.69) is 0 Å². The Morgan fingerprint density at radius 1 is 1.50 bits per heavy atom. The van der Waals surface area contributed by atoms with Gasteiger partial charge in [0.2, 0.25) is 0 Å². The standard InChI is InChI=1S/C9H9ClOS/c1-6-3-4-8(10)9(12-2)7(6)5-11/h3-5H,1-2H3. The Bertz CT molecular complexity index is 310. The Balaban J connectivity index is 3.38. The van der Waals surface area contributed by atoms with Crippen molar-refractivity contribution in [3.63, 3.8) is 0 Å². The third-order valence-corrected chi connectivity index (χ3v) is 2.96. The van der Waals surface area contributed by atoms with E-state index in [1.165, 1.54) is 11.8 Å². The lowest BCUT2D eigenvalue weighted by Gasteiger charge is -2.06. The van der Waals surface area contributed by atoms with Crippen LogP contribution in [0.5, 0.6) is 0 Å². The highest BCUT2D eigenvalue weighted by atomic mass is 35.5. The Morgan fingerprint density at radius 2 is 2.17 bits per heavy atom. The van der Waals surface area contributed by atoms with Crippen molar-refractivity contribution in [1.29, 1.82) is 0 Å². The van der Waals surface area contributed by atoms with E-state index in [1.807, 2.05) is 25.3 Å². The zero-order valence-electron chi connectivity index (χ0n) is 6.93. The number of halogens is 1. The molecule has 12 heavy (non-hydrogen) atoms. The van der Waals surface area contributed by atoms with Crippen LogP contribution >= 0.6 is 23.4 Å². The number of carbonyl (C=O) groups is 1. The molecule has 0 aromatic heterocycles. The van der Waals surface area contributed by atoms with E-state index in [0.29, 0.717) is 10.6 Å². The minimum absolute atomic E-state index is 0.648. The van der Waals surface area contributed by atoms with Crippen LogP contribution in [0.2, 0.25) is 5.02 Å². The second kappa shape index (κ2) is 3.97. The lowest BCUT2D eigenvalue weighted by molar-refractivity contribution is 0.112. The summed E-state index contributed by atoms with van der Waals surface area (Å²) in [6, 6.07) is 3.67. The normalized spacial score (nSPS) is 9.92. The average Bonchev–Trinajstić information content (AvgIpc) is 2.08. The summed E-state index contributed by atoms with van der Waals surface area (Å²) in [5.74, 6) is 0. The molecule has 0 atom stereocenters. The van der Waals surface area contributed by atoms with Gasteiger partial charge < -0.3 is 0 Å². The largest absolute Gasteiger partial charge is 0.298 e. The second-order valence-electron chi connectivity index (χ2n) is 2.43. The molecule has 0 heterocycles. The summed E-state index contributed by atoms with van der Waals surface area (Å²) in [6.07, 6.45) is 2.76. The van der Waals surface area contributed by atoms with Gasteiger partial charge in [-0.3, -0.25) is 4.79 Å². The lowest BCUT2D eigenvalue weighted by atomic mass is 10.1. The molecule has 0 saturated carbocycles. The number of rotatable bonds is 2. The van der Waals surface area contributed by atoms with Crippen molar-refractivity contribution in [2.75, 3.05) is 6.26 Å². The van der Waals surface area contributed by atoms with E-state index in [1.54, 1.807) is 0 Å². The van der Waals surface area contributed by atoms with Gasteiger partial charge in [-0.25, -0.2) is 0 Å². The van der Waals surface area contributed by atoms with Gasteiger partial charge in [0.05, 0.1) is 5.02 Å². The fourth-order valence-electron chi connectivity index (χ4n) is 1.03. The molecule has 64 valence electrons. The molecule has 0 aliphatic carbocycles. The summed E-state index contributed by atoms with van der Waals surface area (Å²) in [6.45, 7) is 1.90. The smallest absolute Gasteiger partial charge is 0.151 e. The van der Waals surface area contributed by atoms with Gasteiger partial charge in [0.1, 0.15) is 0 Å². The summed E-state index contributed by atoms with van der Waals surface area (Å²) in [5.41, 5.74) is 1.67. The molecule has 0 N–H and O–H groups in total. The Labute approximate surface area is 81.1 Å². The summed E-state index contributed by atoms with van der Waals surface area (Å²) < 4.78 is 0. The molecule has 1 aromatic carbocycles. The van der Waals surface area contributed by atoms with E-state index in [4.69, 9.17) is 11.6 Å². The molecule has 0 amide bonds. The van der Waals surface area contributed by atoms with Gasteiger partial charge in [-0.05, 0) is 24.8 Å². The highest BCUT2D eigenvalue weighted by Gasteiger charge is 2.07. The maximum Gasteiger partial charge on any atom is 0.151 e. The lowest BCUT2D eigenvalue weighted by Crippen LogP contribution is -1.90. The van der Waals surface area contributed by atoms with Gasteiger partial charge in [-0.2, -0.15) is 0 Å². The van der Waals surface area contributed by atoms with Crippen LogP contribution in [0.4, 0.5) is 0 Å². The number of hydrogen-bond donors (Lipinski definition) is 0. The molecule has 0 unspecified atom stereocenters. The summed E-state index contributed by atoms with van der Waals surface area (Å²) in [7, 11) is 0. The van der Waals surface area contributed by atoms with Gasteiger partial charge in [-0.1, -0.05) is 17.7 Å². The predicted molar refractivity (Wildman–Crippen MR) is 53.4 cm³/mol. The Kier molecular flexibility index (Phi) is 3.18. The number of aldehydes is 1. The highest BCUT2D eigenvalue weighted by Crippen LogP contribution is 2.29. The van der Waals surface area contributed by atoms with E-state index < -0.39 is 0 Å². The van der Waals surface area contributed by atoms with Crippen molar-refractivity contribution in [3.05, 3.63) is 28.3 Å². The molecule has 0 radical (unpaired) electrons. The van der Waals surface area contributed by atoms with Gasteiger partial charge in [-0.15, -0.1) is 11.8 Å². The van der Waals surface area contributed by atoms with Crippen LogP contribution in [0.3, 0.4) is 0 Å². The summed E-state index contributed by atoms with van der Waals surface area (Å²) in [5, 5.41) is 0.648. The monoisotopic (exact) mass is 200 g/mol. The van der Waals surface area contributed by atoms with Crippen LogP contribution in [-0.4, -0.2) is 12.5 Å². The number of benzene rings is 1. The highest BCUT2D eigenvalue weighted by molar-refractivity contribution is 7.98. The summed E-state index contributed by atoms with van der Waals surface area (Å²) in [4.78, 5) is 11.6. The van der Waals surface area contributed by atoms with Crippen LogP contribution in [0.15, 0.2) is 17.0 Å². The van der Waals surface area contributed by atoms with Crippen LogP contribution in [0.1, 0.15) is 15.9 Å². The maximum absolute atomic E-state index is 10.7. The van der Waals surface area contributed by atoms with Crippen LogP contribution in [0.25, 0.3) is 0 Å². The third-order valence-electron chi connectivity index (χ3n) is 1.69. The number of hydrogen-bond acceptors (Lipinski definition) is 2. The minimum atomic E-state index is 0.648. The van der Waals surface area contributed by atoms with Crippen molar-refractivity contribution in [3.8, 4) is 0 Å². The molecule has 1 rings (SSSR count). The first-order chi connectivity index (χ1) is 5.70. The van der Waals surface area contributed by atoms with Gasteiger partial charge >= 0.3 is 0 Å². The fraction of sp³-hybridized carbons (Fsp3) is 0.222. The van der Waals surface area contributed by atoms with Crippen molar-refractivity contribution in [1.82, 2.24) is 0 Å². The number of carbonyl (C=O) groups excluding carboxylic acids is 1. The molecule has 0 aliphatic rings. The van der Waals surface area contributed by atoms with Gasteiger partial charge in [0.25, 0.3) is 0 Å². The van der Waals surface area contributed by atoms with Gasteiger partial charge in [0, 0.05) is 10.5 Å².